The Hall–Kier alpha value is -0.860. The van der Waals surface area contributed by atoms with Crippen LogP contribution in [0.25, 0.3) is 0 Å². The van der Waals surface area contributed by atoms with Gasteiger partial charge in [-0.3, -0.25) is 4.90 Å². The predicted molar refractivity (Wildman–Crippen MR) is 71.0 cm³/mol. The van der Waals surface area contributed by atoms with E-state index in [2.05, 4.69) is 29.2 Å². The van der Waals surface area contributed by atoms with Gasteiger partial charge < -0.3 is 5.11 Å². The molecule has 17 heavy (non-hydrogen) atoms. The second kappa shape index (κ2) is 6.18. The van der Waals surface area contributed by atoms with Gasteiger partial charge in [-0.2, -0.15) is 0 Å². The van der Waals surface area contributed by atoms with Crippen molar-refractivity contribution < 1.29 is 5.11 Å². The lowest BCUT2D eigenvalue weighted by Gasteiger charge is -2.36. The van der Waals surface area contributed by atoms with E-state index in [1.807, 2.05) is 13.0 Å². The molecule has 0 aromatic heterocycles. The van der Waals surface area contributed by atoms with Crippen LogP contribution < -0.4 is 0 Å². The van der Waals surface area contributed by atoms with Crippen molar-refractivity contribution in [3.63, 3.8) is 0 Å². The molecule has 94 valence electrons. The molecule has 2 nitrogen and oxygen atoms in total. The first-order valence-electron chi connectivity index (χ1n) is 6.73. The zero-order valence-corrected chi connectivity index (χ0v) is 10.7. The van der Waals surface area contributed by atoms with E-state index in [-0.39, 0.29) is 12.1 Å². The van der Waals surface area contributed by atoms with E-state index in [4.69, 9.17) is 0 Å². The Morgan fingerprint density at radius 3 is 2.35 bits per heavy atom. The summed E-state index contributed by atoms with van der Waals surface area (Å²) in [6.07, 6.45) is 4.59. The van der Waals surface area contributed by atoms with E-state index >= 15 is 0 Å². The van der Waals surface area contributed by atoms with Crippen LogP contribution in [0.2, 0.25) is 0 Å². The minimum atomic E-state index is -0.256. The maximum Gasteiger partial charge on any atom is 0.0670 e. The lowest BCUT2D eigenvalue weighted by atomic mass is 9.98. The van der Waals surface area contributed by atoms with Crippen LogP contribution in [0.3, 0.4) is 0 Å². The molecule has 1 aliphatic heterocycles. The summed E-state index contributed by atoms with van der Waals surface area (Å²) in [7, 11) is 0. The van der Waals surface area contributed by atoms with E-state index in [9.17, 15) is 5.11 Å². The normalized spacial score (nSPS) is 21.1. The fourth-order valence-corrected chi connectivity index (χ4v) is 2.71. The van der Waals surface area contributed by atoms with Gasteiger partial charge in [-0.1, -0.05) is 36.8 Å². The Morgan fingerprint density at radius 1 is 1.12 bits per heavy atom. The van der Waals surface area contributed by atoms with Gasteiger partial charge in [-0.25, -0.2) is 0 Å². The third-order valence-electron chi connectivity index (χ3n) is 3.70. The highest BCUT2D eigenvalue weighted by Gasteiger charge is 2.24. The van der Waals surface area contributed by atoms with Gasteiger partial charge in [0.05, 0.1) is 6.10 Å². The Balaban J connectivity index is 2.01. The Labute approximate surface area is 104 Å². The average Bonchev–Trinajstić information content (AvgIpc) is 2.38. The molecule has 0 radical (unpaired) electrons. The molecular weight excluding hydrogens is 210 g/mol. The topological polar surface area (TPSA) is 23.5 Å². The van der Waals surface area contributed by atoms with E-state index in [1.165, 1.54) is 24.8 Å². The predicted octanol–water partition coefficient (Wildman–Crippen LogP) is 2.46. The van der Waals surface area contributed by atoms with Crippen molar-refractivity contribution in [2.45, 2.75) is 44.8 Å². The molecule has 2 heteroatoms. The molecule has 0 saturated carbocycles. The van der Waals surface area contributed by atoms with Gasteiger partial charge in [0, 0.05) is 6.04 Å². The van der Waals surface area contributed by atoms with E-state index in [0.717, 1.165) is 19.5 Å². The van der Waals surface area contributed by atoms with Crippen molar-refractivity contribution in [1.82, 2.24) is 4.90 Å². The van der Waals surface area contributed by atoms with Crippen LogP contribution in [0.4, 0.5) is 0 Å². The van der Waals surface area contributed by atoms with Crippen LogP contribution in [0.15, 0.2) is 30.3 Å². The summed E-state index contributed by atoms with van der Waals surface area (Å²) in [5.74, 6) is 0. The van der Waals surface area contributed by atoms with Crippen molar-refractivity contribution in [1.29, 1.82) is 0 Å². The molecule has 2 atom stereocenters. The standard InChI is InChI=1S/C15H23NO/c1-13(17)15(16-10-6-3-7-11-16)12-14-8-4-2-5-9-14/h2,4-5,8-9,13,15,17H,3,6-7,10-12H2,1H3. The smallest absolute Gasteiger partial charge is 0.0670 e. The fraction of sp³-hybridized carbons (Fsp3) is 0.600. The number of likely N-dealkylation sites (tertiary alicyclic amines) is 1. The highest BCUT2D eigenvalue weighted by atomic mass is 16.3. The number of nitrogens with zero attached hydrogens (tertiary/aromatic N) is 1. The molecule has 1 aliphatic rings. The van der Waals surface area contributed by atoms with Gasteiger partial charge in [-0.05, 0) is 44.8 Å². The summed E-state index contributed by atoms with van der Waals surface area (Å²) in [4.78, 5) is 2.46. The van der Waals surface area contributed by atoms with Gasteiger partial charge in [0.2, 0.25) is 0 Å². The number of aliphatic hydroxyl groups excluding tert-OH is 1. The minimum Gasteiger partial charge on any atom is -0.392 e. The first-order chi connectivity index (χ1) is 8.27. The zero-order valence-electron chi connectivity index (χ0n) is 10.7. The largest absolute Gasteiger partial charge is 0.392 e. The van der Waals surface area contributed by atoms with Crippen LogP contribution in [-0.4, -0.2) is 35.2 Å². The molecule has 2 unspecified atom stereocenters. The maximum absolute atomic E-state index is 9.98. The molecule has 1 heterocycles. The van der Waals surface area contributed by atoms with E-state index < -0.39 is 0 Å². The molecule has 0 bridgehead atoms. The van der Waals surface area contributed by atoms with Crippen LogP contribution >= 0.6 is 0 Å². The maximum atomic E-state index is 9.98. The number of hydrogen-bond acceptors (Lipinski definition) is 2. The molecule has 2 rings (SSSR count). The van der Waals surface area contributed by atoms with E-state index in [0.29, 0.717) is 0 Å². The quantitative estimate of drug-likeness (QED) is 0.863. The first-order valence-corrected chi connectivity index (χ1v) is 6.73. The average molecular weight is 233 g/mol. The summed E-state index contributed by atoms with van der Waals surface area (Å²) in [5.41, 5.74) is 1.32. The Bertz CT molecular complexity index is 317. The third kappa shape index (κ3) is 3.55. The van der Waals surface area contributed by atoms with Gasteiger partial charge in [-0.15, -0.1) is 0 Å². The number of piperidine rings is 1. The van der Waals surface area contributed by atoms with Crippen molar-refractivity contribution in [2.24, 2.45) is 0 Å². The zero-order chi connectivity index (χ0) is 12.1. The van der Waals surface area contributed by atoms with Crippen molar-refractivity contribution in [3.05, 3.63) is 35.9 Å². The summed E-state index contributed by atoms with van der Waals surface area (Å²) in [5, 5.41) is 9.98. The Morgan fingerprint density at radius 2 is 1.76 bits per heavy atom. The van der Waals surface area contributed by atoms with Crippen molar-refractivity contribution >= 4 is 0 Å². The van der Waals surface area contributed by atoms with Crippen LogP contribution in [0.5, 0.6) is 0 Å². The lowest BCUT2D eigenvalue weighted by molar-refractivity contribution is 0.0491. The highest BCUT2D eigenvalue weighted by molar-refractivity contribution is 5.16. The summed E-state index contributed by atoms with van der Waals surface area (Å²) < 4.78 is 0. The highest BCUT2D eigenvalue weighted by Crippen LogP contribution is 2.18. The van der Waals surface area contributed by atoms with Crippen molar-refractivity contribution in [2.75, 3.05) is 13.1 Å². The van der Waals surface area contributed by atoms with Crippen LogP contribution in [0, 0.1) is 0 Å². The summed E-state index contributed by atoms with van der Waals surface area (Å²) in [6.45, 7) is 4.20. The molecule has 1 saturated heterocycles. The summed E-state index contributed by atoms with van der Waals surface area (Å²) in [6, 6.07) is 10.8. The third-order valence-corrected chi connectivity index (χ3v) is 3.70. The van der Waals surface area contributed by atoms with Gasteiger partial charge >= 0.3 is 0 Å². The molecule has 1 N–H and O–H groups in total. The molecular formula is C15H23NO. The van der Waals surface area contributed by atoms with E-state index in [1.54, 1.807) is 0 Å². The second-order valence-corrected chi connectivity index (χ2v) is 5.09. The summed E-state index contributed by atoms with van der Waals surface area (Å²) >= 11 is 0. The first kappa shape index (κ1) is 12.6. The molecule has 0 aliphatic carbocycles. The molecule has 1 aromatic rings. The second-order valence-electron chi connectivity index (χ2n) is 5.09. The molecule has 1 fully saturated rings. The minimum absolute atomic E-state index is 0.256. The number of hydrogen-bond donors (Lipinski definition) is 1. The molecule has 0 amide bonds. The molecule has 0 spiro atoms. The molecule has 1 aromatic carbocycles. The van der Waals surface area contributed by atoms with Gasteiger partial charge in [0.1, 0.15) is 0 Å². The van der Waals surface area contributed by atoms with Gasteiger partial charge in [0.15, 0.2) is 0 Å². The number of benzene rings is 1. The van der Waals surface area contributed by atoms with Crippen LogP contribution in [0.1, 0.15) is 31.7 Å². The number of aliphatic hydroxyl groups is 1. The lowest BCUT2D eigenvalue weighted by Crippen LogP contribution is -2.46. The van der Waals surface area contributed by atoms with Crippen LogP contribution in [-0.2, 0) is 6.42 Å². The number of rotatable bonds is 4. The monoisotopic (exact) mass is 233 g/mol. The fourth-order valence-electron chi connectivity index (χ4n) is 2.71. The SMILES string of the molecule is CC(O)C(Cc1ccccc1)N1CCCCC1. The van der Waals surface area contributed by atoms with Gasteiger partial charge in [0.25, 0.3) is 0 Å². The van der Waals surface area contributed by atoms with Crippen molar-refractivity contribution in [3.8, 4) is 0 Å². The Kier molecular flexibility index (Phi) is 4.57.